The van der Waals surface area contributed by atoms with Crippen molar-refractivity contribution >= 4 is 17.3 Å². The molecule has 0 aliphatic carbocycles. The van der Waals surface area contributed by atoms with Crippen LogP contribution in [0, 0.1) is 5.92 Å². The van der Waals surface area contributed by atoms with Crippen LogP contribution in [0.3, 0.4) is 0 Å². The van der Waals surface area contributed by atoms with E-state index in [0.717, 1.165) is 56.1 Å². The number of benzene rings is 1. The fourth-order valence-corrected chi connectivity index (χ4v) is 2.76. The summed E-state index contributed by atoms with van der Waals surface area (Å²) in [5, 5.41) is 9.61. The second-order valence-corrected chi connectivity index (χ2v) is 5.36. The van der Waals surface area contributed by atoms with Gasteiger partial charge in [0.05, 0.1) is 16.9 Å². The van der Waals surface area contributed by atoms with Gasteiger partial charge >= 0.3 is 0 Å². The predicted molar refractivity (Wildman–Crippen MR) is 79.3 cm³/mol. The first-order valence-corrected chi connectivity index (χ1v) is 7.31. The van der Waals surface area contributed by atoms with Crippen LogP contribution in [0.2, 0.25) is 0 Å². The molecule has 0 spiro atoms. The molecule has 1 amide bonds. The van der Waals surface area contributed by atoms with E-state index in [-0.39, 0.29) is 5.91 Å². The van der Waals surface area contributed by atoms with Crippen LogP contribution in [-0.2, 0) is 4.74 Å². The number of carbonyl (C=O) groups excluding carboxylic acids is 1. The Balaban J connectivity index is 1.59. The van der Waals surface area contributed by atoms with Crippen LogP contribution in [0.25, 0.3) is 0 Å². The van der Waals surface area contributed by atoms with E-state index in [1.807, 2.05) is 18.2 Å². The van der Waals surface area contributed by atoms with Crippen LogP contribution >= 0.6 is 0 Å². The summed E-state index contributed by atoms with van der Waals surface area (Å²) < 4.78 is 5.34. The molecule has 0 bridgehead atoms. The van der Waals surface area contributed by atoms with Crippen LogP contribution in [0.4, 0.5) is 11.4 Å². The number of fused-ring (bicyclic) bond motifs is 1. The number of nitrogens with one attached hydrogen (secondary N) is 3. The molecule has 5 nitrogen and oxygen atoms in total. The van der Waals surface area contributed by atoms with Crippen molar-refractivity contribution in [2.24, 2.45) is 5.92 Å². The summed E-state index contributed by atoms with van der Waals surface area (Å²) >= 11 is 0. The lowest BCUT2D eigenvalue weighted by Crippen LogP contribution is -2.29. The van der Waals surface area contributed by atoms with Crippen LogP contribution in [0.15, 0.2) is 18.2 Å². The molecule has 1 aromatic rings. The number of hydrogen-bond donors (Lipinski definition) is 3. The molecule has 0 saturated carbocycles. The molecule has 108 valence electrons. The number of anilines is 2. The molecule has 0 aromatic heterocycles. The normalized spacial score (nSPS) is 20.7. The molecule has 1 fully saturated rings. The Kier molecular flexibility index (Phi) is 4.06. The van der Waals surface area contributed by atoms with Crippen molar-refractivity contribution in [3.8, 4) is 0 Å². The van der Waals surface area contributed by atoms with Gasteiger partial charge in [0.25, 0.3) is 5.91 Å². The maximum absolute atomic E-state index is 12.3. The number of carbonyl (C=O) groups is 1. The first-order valence-electron chi connectivity index (χ1n) is 7.31. The zero-order valence-electron chi connectivity index (χ0n) is 11.6. The van der Waals surface area contributed by atoms with Crippen LogP contribution < -0.4 is 16.0 Å². The van der Waals surface area contributed by atoms with E-state index in [0.29, 0.717) is 12.5 Å². The lowest BCUT2D eigenvalue weighted by molar-refractivity contribution is 0.0951. The third kappa shape index (κ3) is 2.88. The molecular weight excluding hydrogens is 254 g/mol. The Morgan fingerprint density at radius 2 is 2.25 bits per heavy atom. The average Bonchev–Trinajstić information content (AvgIpc) is 3.00. The average molecular weight is 275 g/mol. The number of para-hydroxylation sites is 1. The van der Waals surface area contributed by atoms with E-state index >= 15 is 0 Å². The number of hydrogen-bond acceptors (Lipinski definition) is 4. The molecule has 1 atom stereocenters. The maximum atomic E-state index is 12.3. The minimum absolute atomic E-state index is 0.00281. The van der Waals surface area contributed by atoms with E-state index in [2.05, 4.69) is 16.0 Å². The number of ether oxygens (including phenoxy) is 1. The Morgan fingerprint density at radius 3 is 3.10 bits per heavy atom. The molecule has 0 radical (unpaired) electrons. The summed E-state index contributed by atoms with van der Waals surface area (Å²) in [6, 6.07) is 5.78. The maximum Gasteiger partial charge on any atom is 0.253 e. The predicted octanol–water partition coefficient (Wildman–Crippen LogP) is 1.68. The largest absolute Gasteiger partial charge is 0.382 e. The minimum atomic E-state index is -0.00281. The molecule has 1 saturated heterocycles. The van der Waals surface area contributed by atoms with Gasteiger partial charge in [0.1, 0.15) is 0 Å². The number of rotatable bonds is 4. The van der Waals surface area contributed by atoms with E-state index in [4.69, 9.17) is 4.74 Å². The smallest absolute Gasteiger partial charge is 0.253 e. The van der Waals surface area contributed by atoms with Crippen LogP contribution in [0.1, 0.15) is 23.2 Å². The van der Waals surface area contributed by atoms with Gasteiger partial charge in [0, 0.05) is 32.8 Å². The fraction of sp³-hybridized carbons (Fsp3) is 0.533. The Bertz CT molecular complexity index is 484. The molecule has 2 aliphatic rings. The third-order valence-electron chi connectivity index (χ3n) is 3.91. The highest BCUT2D eigenvalue weighted by molar-refractivity contribution is 6.02. The van der Waals surface area contributed by atoms with Crippen molar-refractivity contribution in [3.63, 3.8) is 0 Å². The molecule has 2 aliphatic heterocycles. The molecule has 20 heavy (non-hydrogen) atoms. The summed E-state index contributed by atoms with van der Waals surface area (Å²) in [6.07, 6.45) is 2.11. The summed E-state index contributed by atoms with van der Waals surface area (Å²) in [4.78, 5) is 12.3. The van der Waals surface area contributed by atoms with E-state index in [1.54, 1.807) is 0 Å². The highest BCUT2D eigenvalue weighted by Crippen LogP contribution is 2.28. The van der Waals surface area contributed by atoms with Gasteiger partial charge in [0.15, 0.2) is 0 Å². The molecule has 3 rings (SSSR count). The van der Waals surface area contributed by atoms with Crippen molar-refractivity contribution in [2.45, 2.75) is 12.8 Å². The zero-order chi connectivity index (χ0) is 13.8. The quantitative estimate of drug-likeness (QED) is 0.782. The fourth-order valence-electron chi connectivity index (χ4n) is 2.76. The van der Waals surface area contributed by atoms with Gasteiger partial charge in [0.2, 0.25) is 0 Å². The minimum Gasteiger partial charge on any atom is -0.382 e. The molecule has 5 heteroatoms. The zero-order valence-corrected chi connectivity index (χ0v) is 11.6. The van der Waals surface area contributed by atoms with Gasteiger partial charge in [-0.15, -0.1) is 0 Å². The second kappa shape index (κ2) is 6.13. The van der Waals surface area contributed by atoms with Gasteiger partial charge < -0.3 is 20.7 Å². The first-order chi connectivity index (χ1) is 9.84. The van der Waals surface area contributed by atoms with E-state index in [9.17, 15) is 4.79 Å². The van der Waals surface area contributed by atoms with Crippen LogP contribution in [0.5, 0.6) is 0 Å². The molecule has 3 N–H and O–H groups in total. The lowest BCUT2D eigenvalue weighted by atomic mass is 10.0. The van der Waals surface area contributed by atoms with E-state index in [1.165, 1.54) is 0 Å². The highest BCUT2D eigenvalue weighted by Gasteiger charge is 2.18. The van der Waals surface area contributed by atoms with Gasteiger partial charge in [-0.05, 0) is 30.9 Å². The van der Waals surface area contributed by atoms with Crippen molar-refractivity contribution in [2.75, 3.05) is 43.5 Å². The summed E-state index contributed by atoms with van der Waals surface area (Å²) in [6.45, 7) is 4.14. The molecule has 1 unspecified atom stereocenters. The second-order valence-electron chi connectivity index (χ2n) is 5.36. The third-order valence-corrected chi connectivity index (χ3v) is 3.91. The Morgan fingerprint density at radius 1 is 1.35 bits per heavy atom. The summed E-state index contributed by atoms with van der Waals surface area (Å²) in [5.41, 5.74) is 2.64. The molecular formula is C15H21N3O2. The van der Waals surface area contributed by atoms with Gasteiger partial charge in [-0.25, -0.2) is 0 Å². The summed E-state index contributed by atoms with van der Waals surface area (Å²) in [5.74, 6) is 0.594. The van der Waals surface area contributed by atoms with Gasteiger partial charge in [-0.2, -0.15) is 0 Å². The van der Waals surface area contributed by atoms with Crippen molar-refractivity contribution in [1.82, 2.24) is 5.32 Å². The summed E-state index contributed by atoms with van der Waals surface area (Å²) in [7, 11) is 0. The number of amides is 1. The van der Waals surface area contributed by atoms with Gasteiger partial charge in [-0.3, -0.25) is 4.79 Å². The van der Waals surface area contributed by atoms with Crippen molar-refractivity contribution in [3.05, 3.63) is 23.8 Å². The highest BCUT2D eigenvalue weighted by atomic mass is 16.5. The van der Waals surface area contributed by atoms with Crippen molar-refractivity contribution in [1.29, 1.82) is 0 Å². The van der Waals surface area contributed by atoms with Crippen molar-refractivity contribution < 1.29 is 9.53 Å². The van der Waals surface area contributed by atoms with Crippen LogP contribution in [-0.4, -0.2) is 38.8 Å². The Hall–Kier alpha value is -1.75. The topological polar surface area (TPSA) is 62.4 Å². The SMILES string of the molecule is O=C(NCCC1CCOC1)c1cccc2c1NCCN2. The molecule has 2 heterocycles. The monoisotopic (exact) mass is 275 g/mol. The first kappa shape index (κ1) is 13.2. The van der Waals surface area contributed by atoms with E-state index < -0.39 is 0 Å². The lowest BCUT2D eigenvalue weighted by Gasteiger charge is -2.22. The van der Waals surface area contributed by atoms with Gasteiger partial charge in [-0.1, -0.05) is 6.07 Å². The standard InChI is InChI=1S/C15H21N3O2/c19-15(18-6-4-11-5-9-20-10-11)12-2-1-3-13-14(12)17-8-7-16-13/h1-3,11,16-17H,4-10H2,(H,18,19). The molecule has 1 aromatic carbocycles. The Labute approximate surface area is 119 Å².